The van der Waals surface area contributed by atoms with Crippen molar-refractivity contribution in [3.63, 3.8) is 0 Å². The largest absolute Gasteiger partial charge is 0.391 e. The number of aliphatic hydroxyl groups is 1. The van der Waals surface area contributed by atoms with E-state index in [0.29, 0.717) is 0 Å². The van der Waals surface area contributed by atoms with Crippen molar-refractivity contribution < 1.29 is 9.84 Å². The second-order valence-corrected chi connectivity index (χ2v) is 4.26. The van der Waals surface area contributed by atoms with E-state index in [1.807, 2.05) is 14.1 Å². The van der Waals surface area contributed by atoms with Crippen LogP contribution in [0, 0.1) is 0 Å². The number of aliphatic hydroxyl groups excluding tert-OH is 1. The van der Waals surface area contributed by atoms with Crippen LogP contribution in [0.25, 0.3) is 0 Å². The summed E-state index contributed by atoms with van der Waals surface area (Å²) in [6.07, 6.45) is 2.39. The minimum Gasteiger partial charge on any atom is -0.391 e. The summed E-state index contributed by atoms with van der Waals surface area (Å²) in [5.74, 6) is 0. The fourth-order valence-corrected chi connectivity index (χ4v) is 1.58. The first-order valence-corrected chi connectivity index (χ1v) is 5.33. The topological polar surface area (TPSA) is 32.7 Å². The van der Waals surface area contributed by atoms with E-state index in [4.69, 9.17) is 4.74 Å². The number of hydrogen-bond donors (Lipinski definition) is 1. The Kier molecular flexibility index (Phi) is 6.33. The lowest BCUT2D eigenvalue weighted by Crippen LogP contribution is -2.50. The van der Waals surface area contributed by atoms with Crippen LogP contribution in [0.2, 0.25) is 0 Å². The van der Waals surface area contributed by atoms with Crippen molar-refractivity contribution >= 4 is 0 Å². The molecule has 0 aromatic carbocycles. The Hall–Kier alpha value is -0.120. The molecule has 0 saturated carbocycles. The number of rotatable bonds is 7. The monoisotopic (exact) mass is 203 g/mol. The lowest BCUT2D eigenvalue weighted by Gasteiger charge is -2.40. The molecule has 0 saturated heterocycles. The molecule has 3 nitrogen and oxygen atoms in total. The summed E-state index contributed by atoms with van der Waals surface area (Å²) in [4.78, 5) is 2.10. The van der Waals surface area contributed by atoms with Crippen molar-refractivity contribution in [2.45, 2.75) is 44.8 Å². The summed E-state index contributed by atoms with van der Waals surface area (Å²) in [7, 11) is 5.73. The fourth-order valence-electron chi connectivity index (χ4n) is 1.58. The van der Waals surface area contributed by atoms with Gasteiger partial charge in [-0.15, -0.1) is 0 Å². The summed E-state index contributed by atoms with van der Waals surface area (Å²) in [5.41, 5.74) is -0.117. The summed E-state index contributed by atoms with van der Waals surface area (Å²) >= 11 is 0. The van der Waals surface area contributed by atoms with Crippen molar-refractivity contribution in [2.75, 3.05) is 27.8 Å². The average Bonchev–Trinajstić information content (AvgIpc) is 2.16. The highest BCUT2D eigenvalue weighted by molar-refractivity contribution is 4.88. The Labute approximate surface area is 88.1 Å². The predicted molar refractivity (Wildman–Crippen MR) is 59.5 cm³/mol. The first-order chi connectivity index (χ1) is 6.49. The third-order valence-electron chi connectivity index (χ3n) is 3.28. The molecule has 3 heteroatoms. The fraction of sp³-hybridized carbons (Fsp3) is 1.00. The van der Waals surface area contributed by atoms with Crippen molar-refractivity contribution in [2.24, 2.45) is 0 Å². The molecular formula is C11H25NO2. The molecule has 0 aromatic rings. The van der Waals surface area contributed by atoms with Gasteiger partial charge >= 0.3 is 0 Å². The number of hydrogen-bond acceptors (Lipinski definition) is 3. The molecule has 0 spiro atoms. The van der Waals surface area contributed by atoms with Gasteiger partial charge in [-0.3, -0.25) is 0 Å². The Morgan fingerprint density at radius 1 is 1.43 bits per heavy atom. The van der Waals surface area contributed by atoms with Gasteiger partial charge in [0.15, 0.2) is 0 Å². The Bertz CT molecular complexity index is 150. The summed E-state index contributed by atoms with van der Waals surface area (Å²) in [6, 6.07) is 0. The van der Waals surface area contributed by atoms with Crippen LogP contribution in [-0.4, -0.2) is 49.5 Å². The molecule has 0 radical (unpaired) electrons. The van der Waals surface area contributed by atoms with Gasteiger partial charge in [-0.2, -0.15) is 0 Å². The van der Waals surface area contributed by atoms with Gasteiger partial charge in [-0.1, -0.05) is 6.92 Å². The number of nitrogens with zero attached hydrogens (tertiary/aromatic N) is 1. The van der Waals surface area contributed by atoms with Crippen LogP contribution in [0.1, 0.15) is 33.1 Å². The van der Waals surface area contributed by atoms with Crippen LogP contribution in [0.4, 0.5) is 0 Å². The Balaban J connectivity index is 4.10. The first-order valence-electron chi connectivity index (χ1n) is 5.33. The molecule has 14 heavy (non-hydrogen) atoms. The van der Waals surface area contributed by atoms with Crippen molar-refractivity contribution in [3.8, 4) is 0 Å². The van der Waals surface area contributed by atoms with Crippen molar-refractivity contribution in [3.05, 3.63) is 0 Å². The van der Waals surface area contributed by atoms with E-state index in [2.05, 4.69) is 18.7 Å². The van der Waals surface area contributed by atoms with E-state index in [1.165, 1.54) is 0 Å². The normalized spacial score (nSPS) is 18.2. The van der Waals surface area contributed by atoms with E-state index in [1.54, 1.807) is 7.11 Å². The van der Waals surface area contributed by atoms with Gasteiger partial charge in [0.2, 0.25) is 0 Å². The SMILES string of the molecule is CCC(C)(C(O)CCCOC)N(C)C. The second-order valence-electron chi connectivity index (χ2n) is 4.26. The van der Waals surface area contributed by atoms with E-state index in [9.17, 15) is 5.11 Å². The lowest BCUT2D eigenvalue weighted by molar-refractivity contribution is -0.00674. The Morgan fingerprint density at radius 3 is 2.36 bits per heavy atom. The van der Waals surface area contributed by atoms with Gasteiger partial charge in [-0.25, -0.2) is 0 Å². The van der Waals surface area contributed by atoms with Gasteiger partial charge in [0, 0.05) is 19.3 Å². The summed E-state index contributed by atoms with van der Waals surface area (Å²) < 4.78 is 4.97. The molecule has 0 bridgehead atoms. The van der Waals surface area contributed by atoms with Gasteiger partial charge in [0.05, 0.1) is 6.10 Å². The van der Waals surface area contributed by atoms with Crippen LogP contribution >= 0.6 is 0 Å². The quantitative estimate of drug-likeness (QED) is 0.637. The zero-order valence-corrected chi connectivity index (χ0v) is 10.2. The maximum absolute atomic E-state index is 10.1. The third kappa shape index (κ3) is 3.56. The molecular weight excluding hydrogens is 178 g/mol. The molecule has 2 atom stereocenters. The summed E-state index contributed by atoms with van der Waals surface area (Å²) in [5, 5.41) is 10.1. The van der Waals surface area contributed by atoms with Crippen LogP contribution in [-0.2, 0) is 4.74 Å². The molecule has 0 fully saturated rings. The molecule has 0 aliphatic rings. The van der Waals surface area contributed by atoms with Crippen molar-refractivity contribution in [1.29, 1.82) is 0 Å². The molecule has 0 aliphatic carbocycles. The third-order valence-corrected chi connectivity index (χ3v) is 3.28. The highest BCUT2D eigenvalue weighted by Gasteiger charge is 2.32. The highest BCUT2D eigenvalue weighted by atomic mass is 16.5. The zero-order chi connectivity index (χ0) is 11.2. The standard InChI is InChI=1S/C11H25NO2/c1-6-11(2,12(3)4)10(13)8-7-9-14-5/h10,13H,6-9H2,1-5H3. The van der Waals surface area contributed by atoms with Gasteiger partial charge in [-0.05, 0) is 40.3 Å². The Morgan fingerprint density at radius 2 is 2.00 bits per heavy atom. The number of ether oxygens (including phenoxy) is 1. The highest BCUT2D eigenvalue weighted by Crippen LogP contribution is 2.23. The molecule has 0 rings (SSSR count). The zero-order valence-electron chi connectivity index (χ0n) is 10.2. The maximum atomic E-state index is 10.1. The van der Waals surface area contributed by atoms with Gasteiger partial charge < -0.3 is 14.7 Å². The van der Waals surface area contributed by atoms with Crippen LogP contribution in [0.3, 0.4) is 0 Å². The van der Waals surface area contributed by atoms with Gasteiger partial charge in [0.1, 0.15) is 0 Å². The molecule has 86 valence electrons. The molecule has 0 amide bonds. The minimum absolute atomic E-state index is 0.117. The lowest BCUT2D eigenvalue weighted by atomic mass is 9.87. The maximum Gasteiger partial charge on any atom is 0.0721 e. The van der Waals surface area contributed by atoms with Crippen molar-refractivity contribution in [1.82, 2.24) is 4.90 Å². The minimum atomic E-state index is -0.280. The van der Waals surface area contributed by atoms with Crippen LogP contribution in [0.5, 0.6) is 0 Å². The molecule has 0 heterocycles. The molecule has 0 aliphatic heterocycles. The predicted octanol–water partition coefficient (Wildman–Crippen LogP) is 1.50. The average molecular weight is 203 g/mol. The van der Waals surface area contributed by atoms with E-state index >= 15 is 0 Å². The smallest absolute Gasteiger partial charge is 0.0721 e. The number of likely N-dealkylation sites (N-methyl/N-ethyl adjacent to an activating group) is 1. The van der Waals surface area contributed by atoms with E-state index in [-0.39, 0.29) is 11.6 Å². The molecule has 0 aromatic heterocycles. The van der Waals surface area contributed by atoms with E-state index < -0.39 is 0 Å². The summed E-state index contributed by atoms with van der Waals surface area (Å²) in [6.45, 7) is 4.94. The molecule has 1 N–H and O–H groups in total. The second kappa shape index (κ2) is 6.38. The van der Waals surface area contributed by atoms with Gasteiger partial charge in [0.25, 0.3) is 0 Å². The van der Waals surface area contributed by atoms with E-state index in [0.717, 1.165) is 25.9 Å². The first kappa shape index (κ1) is 13.9. The van der Waals surface area contributed by atoms with Crippen LogP contribution < -0.4 is 0 Å². The van der Waals surface area contributed by atoms with Crippen LogP contribution in [0.15, 0.2) is 0 Å². The number of methoxy groups -OCH3 is 1. The molecule has 2 unspecified atom stereocenters.